The molecule has 20 heavy (non-hydrogen) atoms. The smallest absolute Gasteiger partial charge is 0.407 e. The number of hydrogen-bond acceptors (Lipinski definition) is 3. The van der Waals surface area contributed by atoms with Crippen molar-refractivity contribution in [1.29, 1.82) is 0 Å². The average molecular weight is 299 g/mol. The molecule has 112 valence electrons. The maximum absolute atomic E-state index is 11.6. The molecule has 1 rings (SSSR count). The fourth-order valence-electron chi connectivity index (χ4n) is 1.76. The van der Waals surface area contributed by atoms with E-state index >= 15 is 0 Å². The summed E-state index contributed by atoms with van der Waals surface area (Å²) in [6.45, 7) is 8.24. The highest BCUT2D eigenvalue weighted by atomic mass is 35.5. The largest absolute Gasteiger partial charge is 0.444 e. The zero-order valence-corrected chi connectivity index (χ0v) is 13.3. The van der Waals surface area contributed by atoms with E-state index in [4.69, 9.17) is 16.3 Å². The second kappa shape index (κ2) is 7.48. The lowest BCUT2D eigenvalue weighted by atomic mass is 9.98. The number of amides is 1. The Morgan fingerprint density at radius 1 is 1.45 bits per heavy atom. The Labute approximate surface area is 125 Å². The summed E-state index contributed by atoms with van der Waals surface area (Å²) in [6.07, 6.45) is 3.23. The molecule has 1 atom stereocenters. The lowest BCUT2D eigenvalue weighted by Crippen LogP contribution is -2.35. The van der Waals surface area contributed by atoms with E-state index in [0.717, 1.165) is 18.4 Å². The number of hydrogen-bond donors (Lipinski definition) is 1. The molecule has 0 aromatic carbocycles. The van der Waals surface area contributed by atoms with Crippen LogP contribution in [0.3, 0.4) is 0 Å². The van der Waals surface area contributed by atoms with Crippen LogP contribution in [0, 0.1) is 5.92 Å². The first-order valence-electron chi connectivity index (χ1n) is 6.87. The summed E-state index contributed by atoms with van der Waals surface area (Å²) in [5.74, 6) is 0.352. The minimum Gasteiger partial charge on any atom is -0.444 e. The summed E-state index contributed by atoms with van der Waals surface area (Å²) in [5.41, 5.74) is 0.651. The van der Waals surface area contributed by atoms with Crippen LogP contribution in [0.15, 0.2) is 18.3 Å². The first-order valence-corrected chi connectivity index (χ1v) is 7.25. The van der Waals surface area contributed by atoms with Gasteiger partial charge in [-0.15, -0.1) is 0 Å². The van der Waals surface area contributed by atoms with Gasteiger partial charge in [0.15, 0.2) is 0 Å². The van der Waals surface area contributed by atoms with Crippen LogP contribution in [0.1, 0.15) is 39.7 Å². The van der Waals surface area contributed by atoms with E-state index in [1.165, 1.54) is 0 Å². The maximum atomic E-state index is 11.6. The van der Waals surface area contributed by atoms with Gasteiger partial charge in [0.1, 0.15) is 10.8 Å². The standard InChI is InChI=1S/C15H23ClN2O2/c1-5-11(8-12-6-7-13(16)17-10-12)9-18-14(19)20-15(2,3)4/h6-7,10-11H,5,8-9H2,1-4H3,(H,18,19). The van der Waals surface area contributed by atoms with E-state index in [2.05, 4.69) is 17.2 Å². The molecule has 1 aromatic heterocycles. The molecule has 0 radical (unpaired) electrons. The molecule has 0 aliphatic carbocycles. The molecule has 0 saturated carbocycles. The van der Waals surface area contributed by atoms with Gasteiger partial charge in [-0.2, -0.15) is 0 Å². The van der Waals surface area contributed by atoms with Crippen LogP contribution >= 0.6 is 11.6 Å². The zero-order valence-electron chi connectivity index (χ0n) is 12.6. The first kappa shape index (κ1) is 16.8. The van der Waals surface area contributed by atoms with Gasteiger partial charge in [-0.05, 0) is 44.7 Å². The summed E-state index contributed by atoms with van der Waals surface area (Å²) in [7, 11) is 0. The molecule has 0 spiro atoms. The molecule has 5 heteroatoms. The van der Waals surface area contributed by atoms with E-state index < -0.39 is 5.60 Å². The number of alkyl carbamates (subject to hydrolysis) is 1. The maximum Gasteiger partial charge on any atom is 0.407 e. The number of carbonyl (C=O) groups excluding carboxylic acids is 1. The number of rotatable bonds is 5. The highest BCUT2D eigenvalue weighted by molar-refractivity contribution is 6.29. The van der Waals surface area contributed by atoms with Crippen molar-refractivity contribution in [3.8, 4) is 0 Å². The monoisotopic (exact) mass is 298 g/mol. The molecule has 1 amide bonds. The van der Waals surface area contributed by atoms with Gasteiger partial charge in [0.25, 0.3) is 0 Å². The molecule has 1 unspecified atom stereocenters. The lowest BCUT2D eigenvalue weighted by Gasteiger charge is -2.21. The summed E-state index contributed by atoms with van der Waals surface area (Å²) >= 11 is 5.76. The Morgan fingerprint density at radius 3 is 2.65 bits per heavy atom. The van der Waals surface area contributed by atoms with Crippen molar-refractivity contribution in [2.75, 3.05) is 6.54 Å². The van der Waals surface area contributed by atoms with Crippen LogP contribution in [-0.4, -0.2) is 23.2 Å². The van der Waals surface area contributed by atoms with Crippen LogP contribution in [-0.2, 0) is 11.2 Å². The van der Waals surface area contributed by atoms with Gasteiger partial charge in [0.2, 0.25) is 0 Å². The van der Waals surface area contributed by atoms with Crippen LogP contribution in [0.25, 0.3) is 0 Å². The molecule has 0 aliphatic heterocycles. The minimum absolute atomic E-state index is 0.352. The van der Waals surface area contributed by atoms with Crippen LogP contribution in [0.5, 0.6) is 0 Å². The lowest BCUT2D eigenvalue weighted by molar-refractivity contribution is 0.0518. The summed E-state index contributed by atoms with van der Waals surface area (Å²) in [4.78, 5) is 15.7. The van der Waals surface area contributed by atoms with Gasteiger partial charge in [-0.25, -0.2) is 9.78 Å². The number of nitrogens with one attached hydrogen (secondary N) is 1. The van der Waals surface area contributed by atoms with Crippen LogP contribution < -0.4 is 5.32 Å². The number of pyridine rings is 1. The van der Waals surface area contributed by atoms with Crippen LogP contribution in [0.4, 0.5) is 4.79 Å². The third-order valence-corrected chi connectivity index (χ3v) is 3.05. The van der Waals surface area contributed by atoms with Crippen molar-refractivity contribution in [2.45, 2.75) is 46.1 Å². The third kappa shape index (κ3) is 6.75. The third-order valence-electron chi connectivity index (χ3n) is 2.82. The average Bonchev–Trinajstić information content (AvgIpc) is 2.34. The number of carbonyl (C=O) groups is 1. The van der Waals surface area contributed by atoms with Crippen molar-refractivity contribution in [3.63, 3.8) is 0 Å². The van der Waals surface area contributed by atoms with Crippen LogP contribution in [0.2, 0.25) is 5.15 Å². The number of nitrogens with zero attached hydrogens (tertiary/aromatic N) is 1. The molecule has 1 heterocycles. The van der Waals surface area contributed by atoms with Gasteiger partial charge in [0, 0.05) is 12.7 Å². The van der Waals surface area contributed by atoms with Gasteiger partial charge < -0.3 is 10.1 Å². The minimum atomic E-state index is -0.466. The fourth-order valence-corrected chi connectivity index (χ4v) is 1.88. The highest BCUT2D eigenvalue weighted by Crippen LogP contribution is 2.13. The van der Waals surface area contributed by atoms with Gasteiger partial charge >= 0.3 is 6.09 Å². The van der Waals surface area contributed by atoms with Crippen molar-refractivity contribution in [2.24, 2.45) is 5.92 Å². The van der Waals surface area contributed by atoms with Gasteiger partial charge in [-0.1, -0.05) is 31.0 Å². The fraction of sp³-hybridized carbons (Fsp3) is 0.600. The van der Waals surface area contributed by atoms with Crippen molar-refractivity contribution in [3.05, 3.63) is 29.0 Å². The molecule has 0 saturated heterocycles. The van der Waals surface area contributed by atoms with Crippen molar-refractivity contribution >= 4 is 17.7 Å². The number of aromatic nitrogens is 1. The Bertz CT molecular complexity index is 426. The second-order valence-electron chi connectivity index (χ2n) is 5.85. The Kier molecular flexibility index (Phi) is 6.27. The molecule has 0 bridgehead atoms. The van der Waals surface area contributed by atoms with Crippen molar-refractivity contribution in [1.82, 2.24) is 10.3 Å². The Morgan fingerprint density at radius 2 is 2.15 bits per heavy atom. The summed E-state index contributed by atoms with van der Waals surface area (Å²) in [5, 5.41) is 3.31. The molecule has 4 nitrogen and oxygen atoms in total. The van der Waals surface area contributed by atoms with Gasteiger partial charge in [-0.3, -0.25) is 0 Å². The topological polar surface area (TPSA) is 51.2 Å². The summed E-state index contributed by atoms with van der Waals surface area (Å²) in [6, 6.07) is 3.75. The zero-order chi connectivity index (χ0) is 15.2. The van der Waals surface area contributed by atoms with E-state index in [1.54, 1.807) is 12.3 Å². The van der Waals surface area contributed by atoms with Crippen molar-refractivity contribution < 1.29 is 9.53 Å². The van der Waals surface area contributed by atoms with Gasteiger partial charge in [0.05, 0.1) is 0 Å². The van der Waals surface area contributed by atoms with E-state index in [9.17, 15) is 4.79 Å². The predicted octanol–water partition coefficient (Wildman–Crippen LogP) is 3.83. The number of halogens is 1. The van der Waals surface area contributed by atoms with E-state index in [-0.39, 0.29) is 6.09 Å². The Balaban J connectivity index is 2.43. The predicted molar refractivity (Wildman–Crippen MR) is 81.0 cm³/mol. The SMILES string of the molecule is CCC(CNC(=O)OC(C)(C)C)Cc1ccc(Cl)nc1. The van der Waals surface area contributed by atoms with E-state index in [0.29, 0.717) is 17.6 Å². The highest BCUT2D eigenvalue weighted by Gasteiger charge is 2.17. The molecule has 1 aromatic rings. The van der Waals surface area contributed by atoms with E-state index in [1.807, 2.05) is 26.8 Å². The molecule has 0 aliphatic rings. The summed E-state index contributed by atoms with van der Waals surface area (Å²) < 4.78 is 5.22. The molecular formula is C15H23ClN2O2. The Hall–Kier alpha value is -1.29. The molecule has 1 N–H and O–H groups in total. The quantitative estimate of drug-likeness (QED) is 0.841. The molecule has 0 fully saturated rings. The first-order chi connectivity index (χ1) is 9.30. The number of ether oxygens (including phenoxy) is 1. The second-order valence-corrected chi connectivity index (χ2v) is 6.24. The molecular weight excluding hydrogens is 276 g/mol. The normalized spacial score (nSPS) is 12.8.